The molecule has 1 unspecified atom stereocenters. The highest BCUT2D eigenvalue weighted by Gasteiger charge is 2.20. The Kier molecular flexibility index (Phi) is 4.09. The Bertz CT molecular complexity index is 772. The number of benzene rings is 2. The number of nitrogens with one attached hydrogen (secondary N) is 1. The highest BCUT2D eigenvalue weighted by atomic mass is 32.3. The lowest BCUT2D eigenvalue weighted by molar-refractivity contribution is 0.554. The van der Waals surface area contributed by atoms with Crippen LogP contribution in [0.3, 0.4) is 0 Å². The normalized spacial score (nSPS) is 13.3. The van der Waals surface area contributed by atoms with Crippen LogP contribution in [0.5, 0.6) is 0 Å². The van der Waals surface area contributed by atoms with Gasteiger partial charge in [-0.05, 0) is 12.1 Å². The Morgan fingerprint density at radius 2 is 1.70 bits per heavy atom. The largest absolute Gasteiger partial charge is 0.377 e. The molecule has 8 heteroatoms. The average Bonchev–Trinajstić information content (AvgIpc) is 2.35. The minimum atomic E-state index is -4.05. The van der Waals surface area contributed by atoms with Crippen LogP contribution in [0.4, 0.5) is 5.69 Å². The predicted octanol–water partition coefficient (Wildman–Crippen LogP) is 1.32. The Hall–Kier alpha value is -1.48. The van der Waals surface area contributed by atoms with Crippen LogP contribution in [0, 0.1) is 0 Å². The van der Waals surface area contributed by atoms with Gasteiger partial charge in [0.1, 0.15) is 0 Å². The third-order valence-electron chi connectivity index (χ3n) is 2.81. The molecule has 0 spiro atoms. The Morgan fingerprint density at radius 3 is 2.30 bits per heavy atom. The van der Waals surface area contributed by atoms with Crippen molar-refractivity contribution in [2.45, 2.75) is 4.90 Å². The van der Waals surface area contributed by atoms with Gasteiger partial charge in [-0.25, -0.2) is 12.6 Å². The third-order valence-corrected chi connectivity index (χ3v) is 5.19. The standard InChI is InChI=1S/C12H14N2O4S2/c1-14(2)11-7-3-6-10-9(11)5-4-8-12(10)20(17,18)13-19(15)16/h3-8,13H,1-2H3,(H,15,16). The monoisotopic (exact) mass is 314 g/mol. The van der Waals surface area contributed by atoms with Gasteiger partial charge in [0.25, 0.3) is 10.0 Å². The molecule has 0 bridgehead atoms. The summed E-state index contributed by atoms with van der Waals surface area (Å²) in [6.45, 7) is 0. The number of nitrogens with zero attached hydrogens (tertiary/aromatic N) is 1. The summed E-state index contributed by atoms with van der Waals surface area (Å²) in [5.41, 5.74) is 0.865. The molecule has 0 heterocycles. The molecule has 6 nitrogen and oxygen atoms in total. The van der Waals surface area contributed by atoms with E-state index in [0.29, 0.717) is 5.39 Å². The zero-order valence-electron chi connectivity index (χ0n) is 10.9. The summed E-state index contributed by atoms with van der Waals surface area (Å²) in [7, 11) is -0.331. The van der Waals surface area contributed by atoms with Crippen molar-refractivity contribution < 1.29 is 17.2 Å². The number of fused-ring (bicyclic) bond motifs is 1. The van der Waals surface area contributed by atoms with Crippen molar-refractivity contribution in [3.05, 3.63) is 36.4 Å². The fourth-order valence-corrected chi connectivity index (χ4v) is 3.86. The van der Waals surface area contributed by atoms with E-state index in [9.17, 15) is 12.6 Å². The van der Waals surface area contributed by atoms with Crippen LogP contribution in [-0.4, -0.2) is 31.3 Å². The van der Waals surface area contributed by atoms with E-state index in [1.807, 2.05) is 25.1 Å². The minimum Gasteiger partial charge on any atom is -0.377 e. The second-order valence-electron chi connectivity index (χ2n) is 4.36. The summed E-state index contributed by atoms with van der Waals surface area (Å²) < 4.78 is 45.2. The van der Waals surface area contributed by atoms with Crippen molar-refractivity contribution in [1.82, 2.24) is 4.13 Å². The van der Waals surface area contributed by atoms with Gasteiger partial charge >= 0.3 is 0 Å². The van der Waals surface area contributed by atoms with Crippen LogP contribution in [-0.2, 0) is 21.3 Å². The van der Waals surface area contributed by atoms with E-state index >= 15 is 0 Å². The van der Waals surface area contributed by atoms with Crippen molar-refractivity contribution in [3.8, 4) is 0 Å². The zero-order valence-corrected chi connectivity index (χ0v) is 12.5. The van der Waals surface area contributed by atoms with E-state index < -0.39 is 21.3 Å². The molecule has 2 aromatic rings. The summed E-state index contributed by atoms with van der Waals surface area (Å²) in [6.07, 6.45) is 0. The number of rotatable bonds is 4. The molecule has 108 valence electrons. The fourth-order valence-electron chi connectivity index (χ4n) is 2.03. The molecule has 20 heavy (non-hydrogen) atoms. The van der Waals surface area contributed by atoms with E-state index in [1.54, 1.807) is 28.4 Å². The lowest BCUT2D eigenvalue weighted by atomic mass is 10.1. The van der Waals surface area contributed by atoms with Gasteiger partial charge in [-0.2, -0.15) is 0 Å². The molecule has 0 amide bonds. The van der Waals surface area contributed by atoms with Crippen molar-refractivity contribution in [3.63, 3.8) is 0 Å². The first-order valence-corrected chi connectivity index (χ1v) is 8.24. The maximum absolute atomic E-state index is 12.1. The van der Waals surface area contributed by atoms with E-state index in [0.717, 1.165) is 11.1 Å². The quantitative estimate of drug-likeness (QED) is 0.831. The van der Waals surface area contributed by atoms with Crippen LogP contribution in [0.15, 0.2) is 41.3 Å². The molecule has 0 fully saturated rings. The van der Waals surface area contributed by atoms with Crippen molar-refractivity contribution >= 4 is 37.7 Å². The van der Waals surface area contributed by atoms with Gasteiger partial charge in [-0.3, -0.25) is 4.55 Å². The fraction of sp³-hybridized carbons (Fsp3) is 0.167. The number of hydrogen-bond donors (Lipinski definition) is 2. The zero-order chi connectivity index (χ0) is 14.9. The lowest BCUT2D eigenvalue weighted by Crippen LogP contribution is -2.25. The molecule has 0 aliphatic carbocycles. The molecule has 0 saturated heterocycles. The Labute approximate surface area is 119 Å². The first kappa shape index (κ1) is 14.9. The molecular weight excluding hydrogens is 300 g/mol. The van der Waals surface area contributed by atoms with Crippen molar-refractivity contribution in [2.75, 3.05) is 19.0 Å². The first-order chi connectivity index (χ1) is 9.33. The van der Waals surface area contributed by atoms with Crippen LogP contribution < -0.4 is 9.03 Å². The van der Waals surface area contributed by atoms with E-state index in [4.69, 9.17) is 4.55 Å². The molecule has 0 saturated carbocycles. The molecule has 0 aliphatic heterocycles. The number of hydrogen-bond acceptors (Lipinski definition) is 4. The molecule has 0 radical (unpaired) electrons. The highest BCUT2D eigenvalue weighted by Crippen LogP contribution is 2.29. The van der Waals surface area contributed by atoms with Gasteiger partial charge in [0.15, 0.2) is 0 Å². The molecule has 0 aliphatic rings. The Morgan fingerprint density at radius 1 is 1.10 bits per heavy atom. The first-order valence-electron chi connectivity index (χ1n) is 5.65. The van der Waals surface area contributed by atoms with Gasteiger partial charge in [0.05, 0.1) is 4.90 Å². The molecule has 2 rings (SSSR count). The van der Waals surface area contributed by atoms with Crippen LogP contribution in [0.1, 0.15) is 0 Å². The highest BCUT2D eigenvalue weighted by molar-refractivity contribution is 8.00. The van der Waals surface area contributed by atoms with Gasteiger partial charge in [0, 0.05) is 30.6 Å². The molecule has 0 aromatic heterocycles. The summed E-state index contributed by atoms with van der Waals surface area (Å²) in [5.74, 6) is 0. The van der Waals surface area contributed by atoms with Crippen molar-refractivity contribution in [1.29, 1.82) is 0 Å². The lowest BCUT2D eigenvalue weighted by Gasteiger charge is -2.16. The molecule has 2 N–H and O–H groups in total. The SMILES string of the molecule is CN(C)c1cccc2c(S(=O)(=O)NS(=O)O)cccc12. The maximum atomic E-state index is 12.1. The molecular formula is C12H14N2O4S2. The third kappa shape index (κ3) is 2.83. The summed E-state index contributed by atoms with van der Waals surface area (Å²) in [5, 5.41) is 1.25. The summed E-state index contributed by atoms with van der Waals surface area (Å²) >= 11 is -2.64. The summed E-state index contributed by atoms with van der Waals surface area (Å²) in [4.78, 5) is 1.84. The van der Waals surface area contributed by atoms with Crippen LogP contribution >= 0.6 is 0 Å². The van der Waals surface area contributed by atoms with Gasteiger partial charge in [-0.15, -0.1) is 4.13 Å². The van der Waals surface area contributed by atoms with Gasteiger partial charge in [0.2, 0.25) is 11.3 Å². The van der Waals surface area contributed by atoms with E-state index in [1.165, 1.54) is 6.07 Å². The molecule has 2 aromatic carbocycles. The van der Waals surface area contributed by atoms with Gasteiger partial charge in [-0.1, -0.05) is 24.3 Å². The van der Waals surface area contributed by atoms with E-state index in [-0.39, 0.29) is 4.90 Å². The van der Waals surface area contributed by atoms with E-state index in [2.05, 4.69) is 0 Å². The topological polar surface area (TPSA) is 86.7 Å². The predicted molar refractivity (Wildman–Crippen MR) is 79.4 cm³/mol. The maximum Gasteiger partial charge on any atom is 0.254 e. The smallest absolute Gasteiger partial charge is 0.254 e. The van der Waals surface area contributed by atoms with Crippen LogP contribution in [0.2, 0.25) is 0 Å². The van der Waals surface area contributed by atoms with Crippen molar-refractivity contribution in [2.24, 2.45) is 0 Å². The Balaban J connectivity index is 2.74. The summed E-state index contributed by atoms with van der Waals surface area (Å²) in [6, 6.07) is 10.1. The molecule has 1 atom stereocenters. The number of sulfonamides is 1. The van der Waals surface area contributed by atoms with Crippen LogP contribution in [0.25, 0.3) is 10.8 Å². The average molecular weight is 314 g/mol. The minimum absolute atomic E-state index is 0.0268. The second kappa shape index (κ2) is 5.49. The number of anilines is 1. The van der Waals surface area contributed by atoms with Gasteiger partial charge < -0.3 is 4.90 Å². The second-order valence-corrected chi connectivity index (χ2v) is 6.97.